The Labute approximate surface area is 81.6 Å². The van der Waals surface area contributed by atoms with Crippen LogP contribution in [-0.4, -0.2) is 28.6 Å². The average molecular weight is 199 g/mol. The number of phenols is 1. The molecule has 0 aliphatic heterocycles. The summed E-state index contributed by atoms with van der Waals surface area (Å²) in [4.78, 5) is 0.938. The van der Waals surface area contributed by atoms with Crippen molar-refractivity contribution in [3.63, 3.8) is 0 Å². The quantitative estimate of drug-likeness (QED) is 0.628. The molecule has 4 heteroatoms. The first-order valence-corrected chi connectivity index (χ1v) is 5.01. The van der Waals surface area contributed by atoms with Crippen molar-refractivity contribution in [3.05, 3.63) is 24.3 Å². The summed E-state index contributed by atoms with van der Waals surface area (Å²) in [6.45, 7) is 0.270. The Morgan fingerprint density at radius 3 is 2.85 bits per heavy atom. The molecule has 4 N–H and O–H groups in total. The van der Waals surface area contributed by atoms with E-state index in [1.165, 1.54) is 11.8 Å². The van der Waals surface area contributed by atoms with E-state index in [4.69, 9.17) is 10.8 Å². The second-order valence-electron chi connectivity index (χ2n) is 2.70. The Morgan fingerprint density at radius 1 is 1.46 bits per heavy atom. The molecule has 0 bridgehead atoms. The Bertz CT molecular complexity index is 268. The van der Waals surface area contributed by atoms with Gasteiger partial charge < -0.3 is 15.9 Å². The van der Waals surface area contributed by atoms with Crippen LogP contribution in [0.5, 0.6) is 5.75 Å². The molecule has 0 aliphatic carbocycles. The number of aliphatic hydroxyl groups excluding tert-OH is 1. The minimum atomic E-state index is -0.479. The molecule has 0 saturated heterocycles. The molecule has 1 aromatic rings. The average Bonchev–Trinajstić information content (AvgIpc) is 2.14. The number of rotatable bonds is 4. The summed E-state index contributed by atoms with van der Waals surface area (Å²) in [5, 5.41) is 18.3. The number of hydrogen-bond acceptors (Lipinski definition) is 4. The second kappa shape index (κ2) is 5.11. The van der Waals surface area contributed by atoms with E-state index in [1.54, 1.807) is 18.2 Å². The molecule has 0 aliphatic rings. The molecule has 0 saturated carbocycles. The molecule has 1 rings (SSSR count). The maximum atomic E-state index is 9.18. The summed E-state index contributed by atoms with van der Waals surface area (Å²) in [7, 11) is 0. The summed E-state index contributed by atoms with van der Waals surface area (Å²) in [6, 6.07) is 6.93. The largest absolute Gasteiger partial charge is 0.508 e. The summed E-state index contributed by atoms with van der Waals surface area (Å²) >= 11 is 1.48. The van der Waals surface area contributed by atoms with Gasteiger partial charge >= 0.3 is 0 Å². The Kier molecular flexibility index (Phi) is 4.08. The predicted molar refractivity (Wildman–Crippen MR) is 53.9 cm³/mol. The minimum Gasteiger partial charge on any atom is -0.508 e. The van der Waals surface area contributed by atoms with Crippen LogP contribution < -0.4 is 5.73 Å². The van der Waals surface area contributed by atoms with Gasteiger partial charge in [0, 0.05) is 17.2 Å². The van der Waals surface area contributed by atoms with Crippen LogP contribution >= 0.6 is 11.8 Å². The highest BCUT2D eigenvalue weighted by atomic mass is 32.2. The van der Waals surface area contributed by atoms with Crippen molar-refractivity contribution in [2.75, 3.05) is 12.3 Å². The number of nitrogens with two attached hydrogens (primary N) is 1. The summed E-state index contributed by atoms with van der Waals surface area (Å²) < 4.78 is 0. The smallest absolute Gasteiger partial charge is 0.116 e. The topological polar surface area (TPSA) is 66.5 Å². The molecule has 1 aromatic carbocycles. The van der Waals surface area contributed by atoms with Crippen LogP contribution in [-0.2, 0) is 0 Å². The second-order valence-corrected chi connectivity index (χ2v) is 3.79. The van der Waals surface area contributed by atoms with Gasteiger partial charge in [-0.3, -0.25) is 0 Å². The van der Waals surface area contributed by atoms with Crippen LogP contribution in [0.15, 0.2) is 29.2 Å². The lowest BCUT2D eigenvalue weighted by molar-refractivity contribution is 0.208. The van der Waals surface area contributed by atoms with E-state index in [0.29, 0.717) is 5.75 Å². The van der Waals surface area contributed by atoms with Gasteiger partial charge in [-0.1, -0.05) is 6.07 Å². The van der Waals surface area contributed by atoms with Crippen LogP contribution in [0, 0.1) is 0 Å². The van der Waals surface area contributed by atoms with Gasteiger partial charge in [0.25, 0.3) is 0 Å². The molecular formula is C9H13NO2S. The van der Waals surface area contributed by atoms with Crippen molar-refractivity contribution < 1.29 is 10.2 Å². The van der Waals surface area contributed by atoms with Crippen LogP contribution in [0.4, 0.5) is 0 Å². The van der Waals surface area contributed by atoms with Crippen LogP contribution in [0.25, 0.3) is 0 Å². The first-order valence-electron chi connectivity index (χ1n) is 4.02. The van der Waals surface area contributed by atoms with E-state index in [1.807, 2.05) is 6.07 Å². The fraction of sp³-hybridized carbons (Fsp3) is 0.333. The highest BCUT2D eigenvalue weighted by molar-refractivity contribution is 7.99. The number of phenolic OH excluding ortho intramolecular Hbond substituents is 1. The van der Waals surface area contributed by atoms with Crippen molar-refractivity contribution in [2.24, 2.45) is 5.73 Å². The van der Waals surface area contributed by atoms with E-state index in [-0.39, 0.29) is 12.3 Å². The number of benzene rings is 1. The monoisotopic (exact) mass is 199 g/mol. The molecule has 0 unspecified atom stereocenters. The highest BCUT2D eigenvalue weighted by Gasteiger charge is 2.02. The molecule has 0 amide bonds. The molecule has 3 nitrogen and oxygen atoms in total. The zero-order chi connectivity index (χ0) is 9.68. The zero-order valence-corrected chi connectivity index (χ0v) is 8.00. The molecule has 0 radical (unpaired) electrons. The predicted octanol–water partition coefficient (Wildman–Crippen LogP) is 0.804. The van der Waals surface area contributed by atoms with Gasteiger partial charge in [0.1, 0.15) is 5.75 Å². The molecule has 1 atom stereocenters. The highest BCUT2D eigenvalue weighted by Crippen LogP contribution is 2.22. The van der Waals surface area contributed by atoms with E-state index < -0.39 is 6.10 Å². The third kappa shape index (κ3) is 3.67. The van der Waals surface area contributed by atoms with Crippen molar-refractivity contribution in [2.45, 2.75) is 11.0 Å². The molecular weight excluding hydrogens is 186 g/mol. The number of aromatic hydroxyl groups is 1. The van der Waals surface area contributed by atoms with E-state index in [2.05, 4.69) is 0 Å². The molecule has 0 spiro atoms. The summed E-state index contributed by atoms with van der Waals surface area (Å²) in [6.07, 6.45) is -0.479. The zero-order valence-electron chi connectivity index (χ0n) is 7.18. The van der Waals surface area contributed by atoms with Crippen LogP contribution in [0.2, 0.25) is 0 Å². The van der Waals surface area contributed by atoms with Gasteiger partial charge in [-0.2, -0.15) is 0 Å². The summed E-state index contributed by atoms with van der Waals surface area (Å²) in [5.74, 6) is 0.798. The third-order valence-corrected chi connectivity index (χ3v) is 2.67. The molecule has 13 heavy (non-hydrogen) atoms. The van der Waals surface area contributed by atoms with Crippen molar-refractivity contribution in [3.8, 4) is 5.75 Å². The maximum Gasteiger partial charge on any atom is 0.116 e. The lowest BCUT2D eigenvalue weighted by Crippen LogP contribution is -2.21. The normalized spacial score (nSPS) is 12.8. The van der Waals surface area contributed by atoms with E-state index >= 15 is 0 Å². The van der Waals surface area contributed by atoms with Gasteiger partial charge in [0.05, 0.1) is 6.10 Å². The molecule has 72 valence electrons. The van der Waals surface area contributed by atoms with E-state index in [0.717, 1.165) is 4.90 Å². The number of thioether (sulfide) groups is 1. The third-order valence-electron chi connectivity index (χ3n) is 1.53. The first-order chi connectivity index (χ1) is 6.22. The van der Waals surface area contributed by atoms with Gasteiger partial charge in [-0.05, 0) is 18.2 Å². The van der Waals surface area contributed by atoms with Crippen molar-refractivity contribution in [1.29, 1.82) is 0 Å². The van der Waals surface area contributed by atoms with E-state index in [9.17, 15) is 5.11 Å². The molecule has 0 heterocycles. The lowest BCUT2D eigenvalue weighted by atomic mass is 10.3. The number of hydrogen-bond donors (Lipinski definition) is 3. The molecule has 0 fully saturated rings. The van der Waals surface area contributed by atoms with Crippen LogP contribution in [0.1, 0.15) is 0 Å². The van der Waals surface area contributed by atoms with Crippen molar-refractivity contribution >= 4 is 11.8 Å². The lowest BCUT2D eigenvalue weighted by Gasteiger charge is -2.06. The van der Waals surface area contributed by atoms with Gasteiger partial charge in [-0.25, -0.2) is 0 Å². The van der Waals surface area contributed by atoms with Gasteiger partial charge in [-0.15, -0.1) is 11.8 Å². The Hall–Kier alpha value is -0.710. The van der Waals surface area contributed by atoms with Crippen LogP contribution in [0.3, 0.4) is 0 Å². The van der Waals surface area contributed by atoms with Gasteiger partial charge in [0.2, 0.25) is 0 Å². The van der Waals surface area contributed by atoms with Gasteiger partial charge in [0.15, 0.2) is 0 Å². The summed E-state index contributed by atoms with van der Waals surface area (Å²) in [5.41, 5.74) is 5.25. The maximum absolute atomic E-state index is 9.18. The fourth-order valence-corrected chi connectivity index (χ4v) is 1.73. The SMILES string of the molecule is NC[C@H](O)CSc1cccc(O)c1. The Balaban J connectivity index is 2.45. The Morgan fingerprint density at radius 2 is 2.23 bits per heavy atom. The van der Waals surface area contributed by atoms with Crippen molar-refractivity contribution in [1.82, 2.24) is 0 Å². The fourth-order valence-electron chi connectivity index (χ4n) is 0.834. The first kappa shape index (κ1) is 10.4. The number of aliphatic hydroxyl groups is 1. The minimum absolute atomic E-state index is 0.243. The molecule has 0 aromatic heterocycles. The standard InChI is InChI=1S/C9H13NO2S/c10-5-8(12)6-13-9-3-1-2-7(11)4-9/h1-4,8,11-12H,5-6,10H2/t8-/m0/s1.